The topological polar surface area (TPSA) is 49.6 Å². The van der Waals surface area contributed by atoms with Gasteiger partial charge in [0.15, 0.2) is 0 Å². The summed E-state index contributed by atoms with van der Waals surface area (Å²) < 4.78 is 0. The largest absolute Gasteiger partial charge is 0.363 e. The normalized spacial score (nSPS) is 19.5. The molecule has 1 fully saturated rings. The van der Waals surface area contributed by atoms with Crippen molar-refractivity contribution in [2.24, 2.45) is 0 Å². The fraction of sp³-hybridized carbons (Fsp3) is 0.538. The zero-order valence-corrected chi connectivity index (χ0v) is 12.1. The third-order valence-corrected chi connectivity index (χ3v) is 4.11. The van der Waals surface area contributed by atoms with Crippen LogP contribution in [0.1, 0.15) is 13.8 Å². The Morgan fingerprint density at radius 2 is 2.05 bits per heavy atom. The SMILES string of the molecule is CN1CCN(c2cccc(Cl)c2[N+](=O)[O-])CC1(C)C. The van der Waals surface area contributed by atoms with E-state index in [4.69, 9.17) is 11.6 Å². The fourth-order valence-corrected chi connectivity index (χ4v) is 2.62. The first-order valence-electron chi connectivity index (χ1n) is 6.22. The van der Waals surface area contributed by atoms with Gasteiger partial charge in [0, 0.05) is 25.2 Å². The Bertz CT molecular complexity index is 505. The highest BCUT2D eigenvalue weighted by atomic mass is 35.5. The Labute approximate surface area is 117 Å². The van der Waals surface area contributed by atoms with E-state index in [0.717, 1.165) is 19.6 Å². The summed E-state index contributed by atoms with van der Waals surface area (Å²) in [5.41, 5.74) is 0.595. The third kappa shape index (κ3) is 2.67. The van der Waals surface area contributed by atoms with Gasteiger partial charge in [0.2, 0.25) is 0 Å². The smallest absolute Gasteiger partial charge is 0.310 e. The van der Waals surface area contributed by atoms with E-state index in [9.17, 15) is 10.1 Å². The molecule has 6 heteroatoms. The maximum Gasteiger partial charge on any atom is 0.310 e. The number of anilines is 1. The molecule has 1 aromatic rings. The van der Waals surface area contributed by atoms with E-state index < -0.39 is 4.92 Å². The average Bonchev–Trinajstić information content (AvgIpc) is 2.31. The average molecular weight is 284 g/mol. The van der Waals surface area contributed by atoms with Gasteiger partial charge in [0.05, 0.1) is 4.92 Å². The lowest BCUT2D eigenvalue weighted by Gasteiger charge is -2.46. The van der Waals surface area contributed by atoms with E-state index in [0.29, 0.717) is 5.69 Å². The van der Waals surface area contributed by atoms with Crippen LogP contribution in [0.4, 0.5) is 11.4 Å². The molecule has 0 spiro atoms. The molecule has 19 heavy (non-hydrogen) atoms. The van der Waals surface area contributed by atoms with Crippen molar-refractivity contribution in [3.63, 3.8) is 0 Å². The number of piperazine rings is 1. The number of rotatable bonds is 2. The van der Waals surface area contributed by atoms with E-state index in [1.54, 1.807) is 18.2 Å². The number of nitro groups is 1. The molecule has 1 aromatic carbocycles. The molecule has 0 radical (unpaired) electrons. The van der Waals surface area contributed by atoms with E-state index in [-0.39, 0.29) is 16.2 Å². The first-order chi connectivity index (χ1) is 8.83. The van der Waals surface area contributed by atoms with Crippen LogP contribution in [0.3, 0.4) is 0 Å². The molecule has 5 nitrogen and oxygen atoms in total. The molecule has 1 aliphatic rings. The van der Waals surface area contributed by atoms with Crippen molar-refractivity contribution in [2.45, 2.75) is 19.4 Å². The Hall–Kier alpha value is -1.33. The van der Waals surface area contributed by atoms with Gasteiger partial charge in [0.1, 0.15) is 10.7 Å². The van der Waals surface area contributed by atoms with Crippen molar-refractivity contribution in [3.05, 3.63) is 33.3 Å². The Morgan fingerprint density at radius 3 is 2.63 bits per heavy atom. The summed E-state index contributed by atoms with van der Waals surface area (Å²) in [6.45, 7) is 6.65. The Morgan fingerprint density at radius 1 is 1.37 bits per heavy atom. The van der Waals surface area contributed by atoms with E-state index >= 15 is 0 Å². The predicted octanol–water partition coefficient (Wildman–Crippen LogP) is 2.78. The summed E-state index contributed by atoms with van der Waals surface area (Å²) in [6.07, 6.45) is 0. The van der Waals surface area contributed by atoms with Crippen LogP contribution in [0.15, 0.2) is 18.2 Å². The number of likely N-dealkylation sites (N-methyl/N-ethyl adjacent to an activating group) is 1. The lowest BCUT2D eigenvalue weighted by Crippen LogP contribution is -2.57. The number of nitrogens with zero attached hydrogens (tertiary/aromatic N) is 3. The third-order valence-electron chi connectivity index (χ3n) is 3.81. The predicted molar refractivity (Wildman–Crippen MR) is 77.0 cm³/mol. The quantitative estimate of drug-likeness (QED) is 0.619. The van der Waals surface area contributed by atoms with Crippen molar-refractivity contribution in [1.29, 1.82) is 0 Å². The first kappa shape index (κ1) is 14.1. The van der Waals surface area contributed by atoms with Gasteiger partial charge >= 0.3 is 5.69 Å². The lowest BCUT2D eigenvalue weighted by molar-refractivity contribution is -0.384. The molecule has 0 aromatic heterocycles. The highest BCUT2D eigenvalue weighted by molar-refractivity contribution is 6.33. The van der Waals surface area contributed by atoms with Gasteiger partial charge in [-0.1, -0.05) is 17.7 Å². The highest BCUT2D eigenvalue weighted by Gasteiger charge is 2.34. The molecule has 0 bridgehead atoms. The molecule has 0 unspecified atom stereocenters. The summed E-state index contributed by atoms with van der Waals surface area (Å²) in [5.74, 6) is 0. The second-order valence-corrected chi connectivity index (χ2v) is 5.93. The van der Waals surface area contributed by atoms with Crippen molar-refractivity contribution >= 4 is 23.0 Å². The molecule has 0 atom stereocenters. The van der Waals surface area contributed by atoms with E-state index in [1.807, 2.05) is 4.90 Å². The van der Waals surface area contributed by atoms with Crippen molar-refractivity contribution in [2.75, 3.05) is 31.6 Å². The first-order valence-corrected chi connectivity index (χ1v) is 6.60. The minimum absolute atomic E-state index is 0.00418. The number of halogens is 1. The number of nitro benzene ring substituents is 1. The van der Waals surface area contributed by atoms with Gasteiger partial charge in [0.25, 0.3) is 0 Å². The molecule has 0 aliphatic carbocycles. The molecule has 2 rings (SSSR count). The van der Waals surface area contributed by atoms with E-state index in [2.05, 4.69) is 25.8 Å². The van der Waals surface area contributed by atoms with Crippen LogP contribution in [0.25, 0.3) is 0 Å². The Balaban J connectivity index is 2.38. The summed E-state index contributed by atoms with van der Waals surface area (Å²) in [4.78, 5) is 15.1. The number of para-hydroxylation sites is 1. The summed E-state index contributed by atoms with van der Waals surface area (Å²) in [7, 11) is 2.07. The molecule has 1 saturated heterocycles. The van der Waals surface area contributed by atoms with Crippen LogP contribution in [-0.2, 0) is 0 Å². The standard InChI is InChI=1S/C13H18ClN3O2/c1-13(2)9-16(8-7-15(13)3)11-6-4-5-10(14)12(11)17(18)19/h4-6H,7-9H2,1-3H3. The summed E-state index contributed by atoms with van der Waals surface area (Å²) in [5, 5.41) is 11.4. The van der Waals surface area contributed by atoms with Gasteiger partial charge < -0.3 is 4.90 Å². The number of benzene rings is 1. The summed E-state index contributed by atoms with van der Waals surface area (Å²) in [6, 6.07) is 5.09. The van der Waals surface area contributed by atoms with Gasteiger partial charge in [-0.15, -0.1) is 0 Å². The van der Waals surface area contributed by atoms with Crippen molar-refractivity contribution in [3.8, 4) is 0 Å². The number of hydrogen-bond donors (Lipinski definition) is 0. The Kier molecular flexibility index (Phi) is 3.69. The highest BCUT2D eigenvalue weighted by Crippen LogP contribution is 2.36. The van der Waals surface area contributed by atoms with Crippen LogP contribution in [-0.4, -0.2) is 42.0 Å². The monoisotopic (exact) mass is 283 g/mol. The summed E-state index contributed by atoms with van der Waals surface area (Å²) >= 11 is 5.96. The van der Waals surface area contributed by atoms with Gasteiger partial charge in [-0.2, -0.15) is 0 Å². The second kappa shape index (κ2) is 4.98. The molecule has 0 saturated carbocycles. The maximum absolute atomic E-state index is 11.2. The second-order valence-electron chi connectivity index (χ2n) is 5.52. The van der Waals surface area contributed by atoms with Crippen LogP contribution in [0, 0.1) is 10.1 Å². The lowest BCUT2D eigenvalue weighted by atomic mass is 9.99. The van der Waals surface area contributed by atoms with E-state index in [1.165, 1.54) is 0 Å². The molecule has 104 valence electrons. The van der Waals surface area contributed by atoms with Crippen molar-refractivity contribution in [1.82, 2.24) is 4.90 Å². The minimum atomic E-state index is -0.400. The van der Waals surface area contributed by atoms with Crippen LogP contribution < -0.4 is 4.90 Å². The zero-order valence-electron chi connectivity index (χ0n) is 11.4. The fourth-order valence-electron chi connectivity index (χ4n) is 2.39. The molecular formula is C13H18ClN3O2. The minimum Gasteiger partial charge on any atom is -0.363 e. The van der Waals surface area contributed by atoms with Crippen LogP contribution in [0.2, 0.25) is 5.02 Å². The number of hydrogen-bond acceptors (Lipinski definition) is 4. The van der Waals surface area contributed by atoms with Crippen molar-refractivity contribution < 1.29 is 4.92 Å². The maximum atomic E-state index is 11.2. The zero-order chi connectivity index (χ0) is 14.2. The molecular weight excluding hydrogens is 266 g/mol. The van der Waals surface area contributed by atoms with Gasteiger partial charge in [-0.3, -0.25) is 15.0 Å². The van der Waals surface area contributed by atoms with Crippen LogP contribution >= 0.6 is 11.6 Å². The van der Waals surface area contributed by atoms with Gasteiger partial charge in [-0.05, 0) is 33.0 Å². The van der Waals surface area contributed by atoms with Gasteiger partial charge in [-0.25, -0.2) is 0 Å². The molecule has 0 amide bonds. The molecule has 1 aliphatic heterocycles. The molecule has 1 heterocycles. The van der Waals surface area contributed by atoms with Crippen LogP contribution in [0.5, 0.6) is 0 Å². The molecule has 0 N–H and O–H groups in total.